The Balaban J connectivity index is 2.09. The molecule has 4 nitrogen and oxygen atoms in total. The first kappa shape index (κ1) is 19.2. The van der Waals surface area contributed by atoms with Crippen molar-refractivity contribution in [1.82, 2.24) is 0 Å². The van der Waals surface area contributed by atoms with Gasteiger partial charge in [0.1, 0.15) is 30.2 Å². The number of hydrogen-bond acceptors (Lipinski definition) is 4. The van der Waals surface area contributed by atoms with Gasteiger partial charge in [-0.1, -0.05) is 46.3 Å². The zero-order chi connectivity index (χ0) is 18.4. The molecule has 0 saturated heterocycles. The Morgan fingerprint density at radius 2 is 1.88 bits per heavy atom. The molecule has 0 spiro atoms. The van der Waals surface area contributed by atoms with Crippen LogP contribution in [0.15, 0.2) is 46.9 Å². The van der Waals surface area contributed by atoms with E-state index >= 15 is 0 Å². The van der Waals surface area contributed by atoms with Crippen molar-refractivity contribution >= 4 is 27.6 Å². The molecule has 2 aromatic rings. The van der Waals surface area contributed by atoms with E-state index in [1.54, 1.807) is 26.8 Å². The predicted molar refractivity (Wildman–Crippen MR) is 99.2 cm³/mol. The number of ether oxygens (including phenoxy) is 2. The summed E-state index contributed by atoms with van der Waals surface area (Å²) in [4.78, 5) is 11.8. The SMILES string of the molecule is CC(C)(C)OC(=O)CNc1c(F)cc(Br)cc1OCc1ccccc1. The Morgan fingerprint density at radius 1 is 1.20 bits per heavy atom. The third-order valence-corrected chi connectivity index (χ3v) is 3.54. The van der Waals surface area contributed by atoms with Gasteiger partial charge in [-0.05, 0) is 38.5 Å². The van der Waals surface area contributed by atoms with Gasteiger partial charge in [0, 0.05) is 4.47 Å². The van der Waals surface area contributed by atoms with Crippen LogP contribution in [-0.2, 0) is 16.1 Å². The molecule has 0 heterocycles. The van der Waals surface area contributed by atoms with Crippen molar-refractivity contribution in [2.45, 2.75) is 33.0 Å². The predicted octanol–water partition coefficient (Wildman–Crippen LogP) is 4.92. The van der Waals surface area contributed by atoms with Gasteiger partial charge in [0.25, 0.3) is 0 Å². The van der Waals surface area contributed by atoms with E-state index in [0.29, 0.717) is 10.2 Å². The van der Waals surface area contributed by atoms with Gasteiger partial charge in [-0.3, -0.25) is 4.79 Å². The van der Waals surface area contributed by atoms with Gasteiger partial charge < -0.3 is 14.8 Å². The molecule has 0 aromatic heterocycles. The Bertz CT molecular complexity index is 729. The van der Waals surface area contributed by atoms with Crippen molar-refractivity contribution in [3.8, 4) is 5.75 Å². The molecular formula is C19H21BrFNO3. The number of esters is 1. The highest BCUT2D eigenvalue weighted by Crippen LogP contribution is 2.32. The van der Waals surface area contributed by atoms with Crippen molar-refractivity contribution in [1.29, 1.82) is 0 Å². The number of carbonyl (C=O) groups excluding carboxylic acids is 1. The third kappa shape index (κ3) is 6.38. The maximum Gasteiger partial charge on any atom is 0.325 e. The number of rotatable bonds is 6. The van der Waals surface area contributed by atoms with E-state index < -0.39 is 17.4 Å². The quantitative estimate of drug-likeness (QED) is 0.687. The van der Waals surface area contributed by atoms with Gasteiger partial charge in [-0.25, -0.2) is 4.39 Å². The molecule has 0 fully saturated rings. The van der Waals surface area contributed by atoms with Crippen molar-refractivity contribution < 1.29 is 18.7 Å². The van der Waals surface area contributed by atoms with Gasteiger partial charge in [-0.2, -0.15) is 0 Å². The van der Waals surface area contributed by atoms with Crippen LogP contribution in [0.4, 0.5) is 10.1 Å². The molecule has 0 radical (unpaired) electrons. The van der Waals surface area contributed by atoms with Crippen LogP contribution >= 0.6 is 15.9 Å². The maximum absolute atomic E-state index is 14.3. The summed E-state index contributed by atoms with van der Waals surface area (Å²) in [6.07, 6.45) is 0. The number of halogens is 2. The molecule has 2 aromatic carbocycles. The second-order valence-corrected chi connectivity index (χ2v) is 7.39. The third-order valence-electron chi connectivity index (χ3n) is 3.09. The summed E-state index contributed by atoms with van der Waals surface area (Å²) in [5.41, 5.74) is 0.495. The highest BCUT2D eigenvalue weighted by atomic mass is 79.9. The highest BCUT2D eigenvalue weighted by molar-refractivity contribution is 9.10. The Morgan fingerprint density at radius 3 is 2.52 bits per heavy atom. The van der Waals surface area contributed by atoms with Crippen LogP contribution < -0.4 is 10.1 Å². The molecule has 0 aliphatic rings. The second kappa shape index (κ2) is 8.34. The Labute approximate surface area is 155 Å². The molecule has 0 unspecified atom stereocenters. The lowest BCUT2D eigenvalue weighted by molar-refractivity contribution is -0.152. The topological polar surface area (TPSA) is 47.6 Å². The minimum Gasteiger partial charge on any atom is -0.487 e. The fraction of sp³-hybridized carbons (Fsp3) is 0.316. The van der Waals surface area contributed by atoms with Gasteiger partial charge in [-0.15, -0.1) is 0 Å². The van der Waals surface area contributed by atoms with Crippen LogP contribution in [0, 0.1) is 5.82 Å². The summed E-state index contributed by atoms with van der Waals surface area (Å²) in [6.45, 7) is 5.47. The molecule has 0 saturated carbocycles. The summed E-state index contributed by atoms with van der Waals surface area (Å²) >= 11 is 3.25. The summed E-state index contributed by atoms with van der Waals surface area (Å²) in [7, 11) is 0. The average Bonchev–Trinajstić information content (AvgIpc) is 2.51. The molecule has 134 valence electrons. The molecule has 25 heavy (non-hydrogen) atoms. The molecule has 6 heteroatoms. The molecule has 0 aliphatic heterocycles. The summed E-state index contributed by atoms with van der Waals surface area (Å²) in [5.74, 6) is -0.663. The van der Waals surface area contributed by atoms with Crippen LogP contribution in [0.2, 0.25) is 0 Å². The second-order valence-electron chi connectivity index (χ2n) is 6.48. The van der Waals surface area contributed by atoms with Gasteiger partial charge in [0.15, 0.2) is 5.82 Å². The Hall–Kier alpha value is -2.08. The molecule has 0 bridgehead atoms. The summed E-state index contributed by atoms with van der Waals surface area (Å²) < 4.78 is 25.8. The molecule has 0 atom stereocenters. The lowest BCUT2D eigenvalue weighted by atomic mass is 10.2. The zero-order valence-corrected chi connectivity index (χ0v) is 16.0. The minimum atomic E-state index is -0.594. The van der Waals surface area contributed by atoms with Gasteiger partial charge in [0.2, 0.25) is 0 Å². The van der Waals surface area contributed by atoms with Crippen LogP contribution in [0.1, 0.15) is 26.3 Å². The number of nitrogens with one attached hydrogen (secondary N) is 1. The lowest BCUT2D eigenvalue weighted by Crippen LogP contribution is -2.28. The Kier molecular flexibility index (Phi) is 6.42. The lowest BCUT2D eigenvalue weighted by Gasteiger charge is -2.20. The summed E-state index contributed by atoms with van der Waals surface area (Å²) in [6, 6.07) is 12.5. The molecular weight excluding hydrogens is 389 g/mol. The van der Waals surface area contributed by atoms with E-state index in [1.165, 1.54) is 6.07 Å². The van der Waals surface area contributed by atoms with E-state index in [9.17, 15) is 9.18 Å². The summed E-state index contributed by atoms with van der Waals surface area (Å²) in [5, 5.41) is 2.77. The van der Waals surface area contributed by atoms with Crippen molar-refractivity contribution in [3.63, 3.8) is 0 Å². The van der Waals surface area contributed by atoms with Gasteiger partial charge in [0.05, 0.1) is 0 Å². The van der Waals surface area contributed by atoms with Crippen molar-refractivity contribution in [2.24, 2.45) is 0 Å². The van der Waals surface area contributed by atoms with E-state index in [-0.39, 0.29) is 18.8 Å². The average molecular weight is 410 g/mol. The monoisotopic (exact) mass is 409 g/mol. The normalized spacial score (nSPS) is 11.1. The first-order chi connectivity index (χ1) is 11.7. The molecule has 0 aliphatic carbocycles. The fourth-order valence-corrected chi connectivity index (χ4v) is 2.52. The standard InChI is InChI=1S/C19H21BrFNO3/c1-19(2,3)25-17(23)11-22-18-15(21)9-14(20)10-16(18)24-12-13-7-5-4-6-8-13/h4-10,22H,11-12H2,1-3H3. The van der Waals surface area contributed by atoms with E-state index in [4.69, 9.17) is 9.47 Å². The number of hydrogen-bond donors (Lipinski definition) is 1. The molecule has 1 N–H and O–H groups in total. The van der Waals surface area contributed by atoms with Crippen LogP contribution in [0.5, 0.6) is 5.75 Å². The largest absolute Gasteiger partial charge is 0.487 e. The zero-order valence-electron chi connectivity index (χ0n) is 14.4. The van der Waals surface area contributed by atoms with Crippen LogP contribution in [0.25, 0.3) is 0 Å². The first-order valence-corrected chi connectivity index (χ1v) is 8.65. The van der Waals surface area contributed by atoms with E-state index in [1.807, 2.05) is 30.3 Å². The number of anilines is 1. The number of carbonyl (C=O) groups is 1. The van der Waals surface area contributed by atoms with Crippen LogP contribution in [-0.4, -0.2) is 18.1 Å². The van der Waals surface area contributed by atoms with E-state index in [0.717, 1.165) is 5.56 Å². The van der Waals surface area contributed by atoms with Gasteiger partial charge >= 0.3 is 5.97 Å². The molecule has 2 rings (SSSR count). The smallest absolute Gasteiger partial charge is 0.325 e. The highest BCUT2D eigenvalue weighted by Gasteiger charge is 2.18. The maximum atomic E-state index is 14.3. The van der Waals surface area contributed by atoms with Crippen molar-refractivity contribution in [3.05, 3.63) is 58.3 Å². The molecule has 0 amide bonds. The van der Waals surface area contributed by atoms with Crippen LogP contribution in [0.3, 0.4) is 0 Å². The fourth-order valence-electron chi connectivity index (χ4n) is 2.11. The van der Waals surface area contributed by atoms with E-state index in [2.05, 4.69) is 21.2 Å². The first-order valence-electron chi connectivity index (χ1n) is 7.86. The van der Waals surface area contributed by atoms with Crippen molar-refractivity contribution in [2.75, 3.05) is 11.9 Å². The number of benzene rings is 2. The minimum absolute atomic E-state index is 0.130.